The summed E-state index contributed by atoms with van der Waals surface area (Å²) in [6.07, 6.45) is -4.71. The van der Waals surface area contributed by atoms with Crippen LogP contribution in [0.15, 0.2) is 18.2 Å². The lowest BCUT2D eigenvalue weighted by atomic mass is 10.1. The van der Waals surface area contributed by atoms with Gasteiger partial charge in [0.25, 0.3) is 5.69 Å². The Kier molecular flexibility index (Phi) is 4.53. The van der Waals surface area contributed by atoms with Gasteiger partial charge < -0.3 is 10.5 Å². The van der Waals surface area contributed by atoms with E-state index in [1.165, 1.54) is 25.1 Å². The van der Waals surface area contributed by atoms with Gasteiger partial charge in [0.05, 0.1) is 10.5 Å². The van der Waals surface area contributed by atoms with E-state index in [1.54, 1.807) is 0 Å². The van der Waals surface area contributed by atoms with Crippen LogP contribution in [0.3, 0.4) is 0 Å². The first-order valence-electron chi connectivity index (χ1n) is 5.42. The van der Waals surface area contributed by atoms with Crippen molar-refractivity contribution in [1.29, 1.82) is 5.41 Å². The van der Waals surface area contributed by atoms with Crippen molar-refractivity contribution in [1.82, 2.24) is 0 Å². The van der Waals surface area contributed by atoms with Gasteiger partial charge in [-0.2, -0.15) is 13.2 Å². The first kappa shape index (κ1) is 15.7. The monoisotopic (exact) mass is 291 g/mol. The van der Waals surface area contributed by atoms with Gasteiger partial charge in [-0.05, 0) is 13.0 Å². The normalized spacial score (nSPS) is 12.8. The molecule has 110 valence electrons. The van der Waals surface area contributed by atoms with Crippen molar-refractivity contribution < 1.29 is 22.8 Å². The minimum absolute atomic E-state index is 0.0466. The molecule has 0 aliphatic carbocycles. The Hall–Kier alpha value is -2.32. The maximum atomic E-state index is 12.6. The Balaban J connectivity index is 2.92. The van der Waals surface area contributed by atoms with Crippen LogP contribution in [0.4, 0.5) is 18.9 Å². The van der Waals surface area contributed by atoms with Gasteiger partial charge in [-0.3, -0.25) is 15.5 Å². The van der Waals surface area contributed by atoms with Gasteiger partial charge in [0.2, 0.25) is 0 Å². The second-order valence-corrected chi connectivity index (χ2v) is 4.02. The second kappa shape index (κ2) is 5.76. The van der Waals surface area contributed by atoms with Crippen LogP contribution in [0.2, 0.25) is 0 Å². The number of nitro benzene ring substituents is 1. The van der Waals surface area contributed by atoms with Crippen LogP contribution in [0.5, 0.6) is 5.75 Å². The summed E-state index contributed by atoms with van der Waals surface area (Å²) in [6.45, 7) is 0.463. The van der Waals surface area contributed by atoms with Gasteiger partial charge in [-0.15, -0.1) is 0 Å². The van der Waals surface area contributed by atoms with Crippen LogP contribution in [0.1, 0.15) is 5.56 Å². The number of ether oxygens (including phenoxy) is 1. The minimum atomic E-state index is -4.71. The molecule has 1 aromatic carbocycles. The van der Waals surface area contributed by atoms with Gasteiger partial charge in [-0.1, -0.05) is 6.07 Å². The molecule has 6 nitrogen and oxygen atoms in total. The highest BCUT2D eigenvalue weighted by Gasteiger charge is 2.42. The number of alkyl halides is 3. The summed E-state index contributed by atoms with van der Waals surface area (Å²) >= 11 is 0. The molecule has 0 aliphatic rings. The fraction of sp³-hybridized carbons (Fsp3) is 0.364. The van der Waals surface area contributed by atoms with E-state index >= 15 is 0 Å². The van der Waals surface area contributed by atoms with Crippen molar-refractivity contribution in [3.8, 4) is 5.75 Å². The van der Waals surface area contributed by atoms with Crippen molar-refractivity contribution in [3.63, 3.8) is 0 Å². The molecule has 0 spiro atoms. The highest BCUT2D eigenvalue weighted by atomic mass is 19.4. The zero-order valence-corrected chi connectivity index (χ0v) is 10.4. The molecule has 1 rings (SSSR count). The third kappa shape index (κ3) is 3.59. The van der Waals surface area contributed by atoms with Crippen molar-refractivity contribution >= 4 is 11.5 Å². The first-order valence-corrected chi connectivity index (χ1v) is 5.42. The first-order chi connectivity index (χ1) is 9.14. The number of halogens is 3. The van der Waals surface area contributed by atoms with E-state index in [1.807, 2.05) is 0 Å². The molecule has 0 amide bonds. The zero-order valence-electron chi connectivity index (χ0n) is 10.4. The van der Waals surface area contributed by atoms with E-state index in [2.05, 4.69) is 0 Å². The largest absolute Gasteiger partial charge is 0.492 e. The summed E-state index contributed by atoms with van der Waals surface area (Å²) in [4.78, 5) is 10.0. The average Bonchev–Trinajstić information content (AvgIpc) is 2.28. The summed E-state index contributed by atoms with van der Waals surface area (Å²) < 4.78 is 42.6. The van der Waals surface area contributed by atoms with Crippen LogP contribution >= 0.6 is 0 Å². The van der Waals surface area contributed by atoms with Crippen LogP contribution in [-0.4, -0.2) is 23.5 Å². The molecule has 3 N–H and O–H groups in total. The maximum Gasteiger partial charge on any atom is 0.401 e. The van der Waals surface area contributed by atoms with E-state index < -0.39 is 29.5 Å². The third-order valence-electron chi connectivity index (χ3n) is 2.63. The SMILES string of the molecule is Cc1c(OCC(C(=N)N)C(F)(F)F)cccc1[N+](=O)[O-]. The van der Waals surface area contributed by atoms with E-state index in [9.17, 15) is 23.3 Å². The van der Waals surface area contributed by atoms with Crippen molar-refractivity contribution in [3.05, 3.63) is 33.9 Å². The average molecular weight is 291 g/mol. The number of nitrogens with two attached hydrogens (primary N) is 1. The standard InChI is InChI=1S/C11H12F3N3O3/c1-6-8(17(18)19)3-2-4-9(6)20-5-7(10(15)16)11(12,13)14/h2-4,7H,5H2,1H3,(H3,15,16). The van der Waals surface area contributed by atoms with Crippen LogP contribution in [0, 0.1) is 28.4 Å². The predicted octanol–water partition coefficient (Wildman–Crippen LogP) is 2.40. The Morgan fingerprint density at radius 3 is 2.60 bits per heavy atom. The molecule has 0 aromatic heterocycles. The number of hydrogen-bond donors (Lipinski definition) is 2. The highest BCUT2D eigenvalue weighted by molar-refractivity contribution is 5.80. The summed E-state index contributed by atoms with van der Waals surface area (Å²) in [7, 11) is 0. The van der Waals surface area contributed by atoms with Crippen molar-refractivity contribution in [2.24, 2.45) is 11.7 Å². The van der Waals surface area contributed by atoms with Crippen LogP contribution in [0.25, 0.3) is 0 Å². The summed E-state index contributed by atoms with van der Waals surface area (Å²) in [5.41, 5.74) is 4.74. The molecule has 20 heavy (non-hydrogen) atoms. The number of amidine groups is 1. The molecular formula is C11H12F3N3O3. The number of hydrogen-bond acceptors (Lipinski definition) is 4. The molecule has 0 heterocycles. The van der Waals surface area contributed by atoms with Gasteiger partial charge in [0.15, 0.2) is 0 Å². The number of nitrogens with one attached hydrogen (secondary N) is 1. The Bertz CT molecular complexity index is 531. The topological polar surface area (TPSA) is 102 Å². The predicted molar refractivity (Wildman–Crippen MR) is 64.8 cm³/mol. The molecule has 0 radical (unpaired) electrons. The van der Waals surface area contributed by atoms with E-state index in [0.29, 0.717) is 0 Å². The summed E-state index contributed by atoms with van der Waals surface area (Å²) in [5, 5.41) is 17.6. The van der Waals surface area contributed by atoms with Crippen molar-refractivity contribution in [2.75, 3.05) is 6.61 Å². The van der Waals surface area contributed by atoms with E-state index in [-0.39, 0.29) is 17.0 Å². The van der Waals surface area contributed by atoms with Crippen LogP contribution in [-0.2, 0) is 0 Å². The molecule has 0 saturated heterocycles. The molecule has 0 fully saturated rings. The molecule has 0 bridgehead atoms. The molecular weight excluding hydrogens is 279 g/mol. The molecule has 0 aliphatic heterocycles. The fourth-order valence-electron chi connectivity index (χ4n) is 1.49. The molecule has 1 unspecified atom stereocenters. The summed E-state index contributed by atoms with van der Waals surface area (Å²) in [5.74, 6) is -3.36. The maximum absolute atomic E-state index is 12.6. The molecule has 9 heteroatoms. The lowest BCUT2D eigenvalue weighted by Gasteiger charge is -2.19. The minimum Gasteiger partial charge on any atom is -0.492 e. The Morgan fingerprint density at radius 1 is 1.55 bits per heavy atom. The fourth-order valence-corrected chi connectivity index (χ4v) is 1.49. The Morgan fingerprint density at radius 2 is 2.15 bits per heavy atom. The third-order valence-corrected chi connectivity index (χ3v) is 2.63. The van der Waals surface area contributed by atoms with E-state index in [4.69, 9.17) is 15.9 Å². The lowest BCUT2D eigenvalue weighted by molar-refractivity contribution is -0.385. The number of nitrogens with zero attached hydrogens (tertiary/aromatic N) is 1. The number of rotatable bonds is 5. The van der Waals surface area contributed by atoms with Gasteiger partial charge >= 0.3 is 6.18 Å². The molecule has 0 saturated carbocycles. The van der Waals surface area contributed by atoms with Gasteiger partial charge in [0, 0.05) is 6.07 Å². The number of nitro groups is 1. The number of benzene rings is 1. The van der Waals surface area contributed by atoms with Crippen LogP contribution < -0.4 is 10.5 Å². The quantitative estimate of drug-likeness (QED) is 0.376. The smallest absolute Gasteiger partial charge is 0.401 e. The van der Waals surface area contributed by atoms with Gasteiger partial charge in [-0.25, -0.2) is 0 Å². The van der Waals surface area contributed by atoms with Crippen molar-refractivity contribution in [2.45, 2.75) is 13.1 Å². The molecule has 1 atom stereocenters. The molecule has 1 aromatic rings. The lowest BCUT2D eigenvalue weighted by Crippen LogP contribution is -2.39. The van der Waals surface area contributed by atoms with E-state index in [0.717, 1.165) is 0 Å². The zero-order chi connectivity index (χ0) is 15.5. The summed E-state index contributed by atoms with van der Waals surface area (Å²) in [6, 6.07) is 3.83. The van der Waals surface area contributed by atoms with Gasteiger partial charge in [0.1, 0.15) is 24.1 Å². The highest BCUT2D eigenvalue weighted by Crippen LogP contribution is 2.30. The Labute approximate surface area is 112 Å². The second-order valence-electron chi connectivity index (χ2n) is 4.02.